The molecule has 0 atom stereocenters. The second kappa shape index (κ2) is 8.51. The van der Waals surface area contributed by atoms with Crippen molar-refractivity contribution in [3.63, 3.8) is 0 Å². The lowest BCUT2D eigenvalue weighted by Crippen LogP contribution is -2.43. The Morgan fingerprint density at radius 1 is 1.15 bits per heavy atom. The maximum Gasteiger partial charge on any atom is 0.420 e. The van der Waals surface area contributed by atoms with Gasteiger partial charge in [-0.15, -0.1) is 0 Å². The molecule has 2 fully saturated rings. The van der Waals surface area contributed by atoms with Gasteiger partial charge in [-0.3, -0.25) is 0 Å². The molecule has 0 spiro atoms. The maximum absolute atomic E-state index is 13.6. The first kappa shape index (κ1) is 23.9. The van der Waals surface area contributed by atoms with Crippen molar-refractivity contribution in [1.82, 2.24) is 23.8 Å². The van der Waals surface area contributed by atoms with E-state index in [0.717, 1.165) is 6.20 Å². The molecule has 0 bridgehead atoms. The third kappa shape index (κ3) is 5.64. The number of alkyl halides is 3. The van der Waals surface area contributed by atoms with Gasteiger partial charge in [0.1, 0.15) is 17.0 Å². The van der Waals surface area contributed by atoms with Gasteiger partial charge in [0.25, 0.3) is 0 Å². The van der Waals surface area contributed by atoms with E-state index in [-0.39, 0.29) is 35.2 Å². The lowest BCUT2D eigenvalue weighted by molar-refractivity contribution is -0.137. The molecule has 2 aromatic heterocycles. The second-order valence-corrected chi connectivity index (χ2v) is 11.5. The largest absolute Gasteiger partial charge is 0.420 e. The van der Waals surface area contributed by atoms with Crippen LogP contribution in [0.1, 0.15) is 45.1 Å². The molecule has 0 unspecified atom stereocenters. The molecule has 1 aliphatic heterocycles. The molecule has 33 heavy (non-hydrogen) atoms. The summed E-state index contributed by atoms with van der Waals surface area (Å²) in [6, 6.07) is -0.159. The zero-order chi connectivity index (χ0) is 24.0. The van der Waals surface area contributed by atoms with Gasteiger partial charge >= 0.3 is 6.18 Å². The molecule has 0 amide bonds. The Hall–Kier alpha value is -2.25. The summed E-state index contributed by atoms with van der Waals surface area (Å²) in [4.78, 5) is 12.0. The molecular formula is C20H27F3N6O3S. The third-order valence-electron chi connectivity index (χ3n) is 5.63. The highest BCUT2D eigenvalue weighted by Gasteiger charge is 2.41. The SMILES string of the molecule is CC(C)(O)Cn1cnc(-c2nc(NC3CCN(S(=O)(=O)C4CC4)CC3)ncc2C(F)(F)F)c1. The van der Waals surface area contributed by atoms with E-state index in [0.29, 0.717) is 38.8 Å². The Morgan fingerprint density at radius 2 is 1.82 bits per heavy atom. The number of aromatic nitrogens is 4. The highest BCUT2D eigenvalue weighted by molar-refractivity contribution is 7.90. The highest BCUT2D eigenvalue weighted by atomic mass is 32.2. The number of hydrogen-bond donors (Lipinski definition) is 2. The molecule has 2 aromatic rings. The average molecular weight is 489 g/mol. The second-order valence-electron chi connectivity index (χ2n) is 9.26. The number of rotatable bonds is 7. The lowest BCUT2D eigenvalue weighted by Gasteiger charge is -2.31. The van der Waals surface area contributed by atoms with Gasteiger partial charge < -0.3 is 15.0 Å². The van der Waals surface area contributed by atoms with E-state index in [1.807, 2.05) is 0 Å². The van der Waals surface area contributed by atoms with Crippen molar-refractivity contribution in [2.45, 2.75) is 69.1 Å². The first-order valence-electron chi connectivity index (χ1n) is 10.8. The zero-order valence-electron chi connectivity index (χ0n) is 18.4. The van der Waals surface area contributed by atoms with Crippen LogP contribution in [-0.4, -0.2) is 67.3 Å². The molecule has 1 saturated heterocycles. The summed E-state index contributed by atoms with van der Waals surface area (Å²) >= 11 is 0. The Bertz CT molecular complexity index is 1100. The van der Waals surface area contributed by atoms with Crippen LogP contribution in [0.15, 0.2) is 18.7 Å². The molecule has 182 valence electrons. The number of piperidine rings is 1. The van der Waals surface area contributed by atoms with E-state index >= 15 is 0 Å². The Labute approximate surface area is 190 Å². The fourth-order valence-corrected chi connectivity index (χ4v) is 5.76. The van der Waals surface area contributed by atoms with E-state index in [9.17, 15) is 26.7 Å². The molecule has 9 nitrogen and oxygen atoms in total. The van der Waals surface area contributed by atoms with Gasteiger partial charge in [0, 0.05) is 31.5 Å². The quantitative estimate of drug-likeness (QED) is 0.616. The molecule has 1 aliphatic carbocycles. The minimum absolute atomic E-state index is 0.0161. The van der Waals surface area contributed by atoms with Crippen molar-refractivity contribution in [3.05, 3.63) is 24.3 Å². The van der Waals surface area contributed by atoms with Crippen molar-refractivity contribution < 1.29 is 26.7 Å². The lowest BCUT2D eigenvalue weighted by atomic mass is 10.1. The van der Waals surface area contributed by atoms with Crippen LogP contribution in [0.2, 0.25) is 0 Å². The average Bonchev–Trinajstić information content (AvgIpc) is 3.48. The number of halogens is 3. The summed E-state index contributed by atoms with van der Waals surface area (Å²) in [5.74, 6) is 0.0264. The number of hydrogen-bond acceptors (Lipinski definition) is 7. The fourth-order valence-electron chi connectivity index (χ4n) is 3.88. The maximum atomic E-state index is 13.6. The Morgan fingerprint density at radius 3 is 2.39 bits per heavy atom. The summed E-state index contributed by atoms with van der Waals surface area (Å²) in [6.45, 7) is 4.03. The van der Waals surface area contributed by atoms with Crippen LogP contribution < -0.4 is 5.32 Å². The van der Waals surface area contributed by atoms with Crippen molar-refractivity contribution in [2.75, 3.05) is 18.4 Å². The van der Waals surface area contributed by atoms with Crippen molar-refractivity contribution in [3.8, 4) is 11.4 Å². The predicted molar refractivity (Wildman–Crippen MR) is 115 cm³/mol. The Kier molecular flexibility index (Phi) is 6.16. The minimum atomic E-state index is -4.67. The third-order valence-corrected chi connectivity index (χ3v) is 8.03. The predicted octanol–water partition coefficient (Wildman–Crippen LogP) is 2.50. The van der Waals surface area contributed by atoms with Crippen LogP contribution in [0.5, 0.6) is 0 Å². The van der Waals surface area contributed by atoms with E-state index in [1.165, 1.54) is 21.4 Å². The highest BCUT2D eigenvalue weighted by Crippen LogP contribution is 2.36. The first-order valence-corrected chi connectivity index (χ1v) is 12.3. The van der Waals surface area contributed by atoms with E-state index in [1.54, 1.807) is 13.8 Å². The summed E-state index contributed by atoms with van der Waals surface area (Å²) in [5.41, 5.74) is -2.41. The van der Waals surface area contributed by atoms with Crippen molar-refractivity contribution in [1.29, 1.82) is 0 Å². The van der Waals surface area contributed by atoms with E-state index in [4.69, 9.17) is 0 Å². The van der Waals surface area contributed by atoms with E-state index < -0.39 is 27.4 Å². The number of nitrogens with zero attached hydrogens (tertiary/aromatic N) is 5. The van der Waals surface area contributed by atoms with Crippen LogP contribution in [0, 0.1) is 0 Å². The molecule has 0 radical (unpaired) electrons. The number of imidazole rings is 1. The van der Waals surface area contributed by atoms with Crippen LogP contribution >= 0.6 is 0 Å². The minimum Gasteiger partial charge on any atom is -0.389 e. The number of aliphatic hydroxyl groups is 1. The molecule has 0 aromatic carbocycles. The fraction of sp³-hybridized carbons (Fsp3) is 0.650. The van der Waals surface area contributed by atoms with E-state index in [2.05, 4.69) is 20.3 Å². The topological polar surface area (TPSA) is 113 Å². The molecular weight excluding hydrogens is 461 g/mol. The molecule has 4 rings (SSSR count). The standard InChI is InChI=1S/C20H27F3N6O3S/c1-19(2,30)11-28-10-16(25-12-28)17-15(20(21,22)23)9-24-18(27-17)26-13-5-7-29(8-6-13)33(31,32)14-3-4-14/h9-10,12-14,30H,3-8,11H2,1-2H3,(H,24,26,27). The molecule has 2 N–H and O–H groups in total. The van der Waals surface area contributed by atoms with Crippen LogP contribution in [0.25, 0.3) is 11.4 Å². The normalized spacial score (nSPS) is 19.1. The van der Waals surface area contributed by atoms with Crippen molar-refractivity contribution in [2.24, 2.45) is 0 Å². The van der Waals surface area contributed by atoms with Crippen LogP contribution in [0.3, 0.4) is 0 Å². The molecule has 3 heterocycles. The smallest absolute Gasteiger partial charge is 0.389 e. The summed E-state index contributed by atoms with van der Waals surface area (Å²) < 4.78 is 68.5. The van der Waals surface area contributed by atoms with Gasteiger partial charge in [-0.2, -0.15) is 13.2 Å². The van der Waals surface area contributed by atoms with Gasteiger partial charge in [0.05, 0.1) is 23.7 Å². The van der Waals surface area contributed by atoms with Gasteiger partial charge in [0.15, 0.2) is 0 Å². The van der Waals surface area contributed by atoms with Gasteiger partial charge in [-0.05, 0) is 39.5 Å². The van der Waals surface area contributed by atoms with Crippen LogP contribution in [-0.2, 0) is 22.7 Å². The van der Waals surface area contributed by atoms with Gasteiger partial charge in [-0.25, -0.2) is 27.7 Å². The van der Waals surface area contributed by atoms with Gasteiger partial charge in [0.2, 0.25) is 16.0 Å². The zero-order valence-corrected chi connectivity index (χ0v) is 19.2. The number of anilines is 1. The summed E-state index contributed by atoms with van der Waals surface area (Å²) in [7, 11) is -3.24. The Balaban J connectivity index is 1.51. The van der Waals surface area contributed by atoms with Crippen LogP contribution in [0.4, 0.5) is 19.1 Å². The summed E-state index contributed by atoms with van der Waals surface area (Å²) in [6.07, 6.45) is 1.22. The van der Waals surface area contributed by atoms with Gasteiger partial charge in [-0.1, -0.05) is 0 Å². The monoisotopic (exact) mass is 488 g/mol. The summed E-state index contributed by atoms with van der Waals surface area (Å²) in [5, 5.41) is 12.7. The molecule has 2 aliphatic rings. The molecule has 1 saturated carbocycles. The number of nitrogens with one attached hydrogen (secondary N) is 1. The van der Waals surface area contributed by atoms with Crippen molar-refractivity contribution >= 4 is 16.0 Å². The first-order chi connectivity index (χ1) is 15.3. The molecule has 13 heteroatoms. The number of sulfonamides is 1.